The fourth-order valence-corrected chi connectivity index (χ4v) is 3.07. The van der Waals surface area contributed by atoms with Gasteiger partial charge in [0.05, 0.1) is 0 Å². The van der Waals surface area contributed by atoms with Crippen LogP contribution < -0.4 is 11.1 Å². The number of rotatable bonds is 9. The first-order valence-corrected chi connectivity index (χ1v) is 8.27. The first-order valence-electron chi connectivity index (χ1n) is 8.27. The molecule has 1 aliphatic rings. The molecular weight excluding hydrogens is 236 g/mol. The van der Waals surface area contributed by atoms with Crippen molar-refractivity contribution >= 4 is 5.91 Å². The third-order valence-corrected chi connectivity index (χ3v) is 4.33. The zero-order chi connectivity index (χ0) is 13.9. The molecule has 0 heterocycles. The third kappa shape index (κ3) is 6.95. The number of nitrogens with two attached hydrogens (primary N) is 1. The summed E-state index contributed by atoms with van der Waals surface area (Å²) in [6.45, 7) is 2.80. The molecule has 0 aromatic heterocycles. The molecule has 1 fully saturated rings. The van der Waals surface area contributed by atoms with E-state index in [1.165, 1.54) is 57.8 Å². The van der Waals surface area contributed by atoms with Gasteiger partial charge in [0, 0.05) is 19.0 Å². The minimum absolute atomic E-state index is 0.206. The van der Waals surface area contributed by atoms with Gasteiger partial charge >= 0.3 is 0 Å². The van der Waals surface area contributed by atoms with Crippen molar-refractivity contribution in [1.82, 2.24) is 5.32 Å². The van der Waals surface area contributed by atoms with Crippen molar-refractivity contribution in [2.45, 2.75) is 83.6 Å². The van der Waals surface area contributed by atoms with Crippen molar-refractivity contribution in [1.29, 1.82) is 0 Å². The van der Waals surface area contributed by atoms with E-state index in [4.69, 9.17) is 5.73 Å². The van der Waals surface area contributed by atoms with Gasteiger partial charge in [0.15, 0.2) is 0 Å². The van der Waals surface area contributed by atoms with E-state index in [1.807, 2.05) is 0 Å². The van der Waals surface area contributed by atoms with Crippen LogP contribution >= 0.6 is 0 Å². The molecule has 0 saturated heterocycles. The van der Waals surface area contributed by atoms with Gasteiger partial charge in [-0.3, -0.25) is 4.79 Å². The molecule has 1 atom stereocenters. The van der Waals surface area contributed by atoms with Gasteiger partial charge in [-0.05, 0) is 25.2 Å². The number of unbranched alkanes of at least 4 members (excludes halogenated alkanes) is 4. The molecule has 1 rings (SSSR count). The third-order valence-electron chi connectivity index (χ3n) is 4.33. The van der Waals surface area contributed by atoms with Crippen LogP contribution in [0, 0.1) is 5.92 Å². The van der Waals surface area contributed by atoms with Crippen LogP contribution in [-0.2, 0) is 4.79 Å². The van der Waals surface area contributed by atoms with Crippen LogP contribution in [0.3, 0.4) is 0 Å². The normalized spacial score (nSPS) is 18.2. The number of hydrogen-bond acceptors (Lipinski definition) is 2. The SMILES string of the molecule is CCCCCCCC(=O)NC(CN)C1CCCCC1. The molecule has 3 nitrogen and oxygen atoms in total. The lowest BCUT2D eigenvalue weighted by Gasteiger charge is -2.30. The minimum atomic E-state index is 0.206. The highest BCUT2D eigenvalue weighted by Crippen LogP contribution is 2.26. The van der Waals surface area contributed by atoms with E-state index >= 15 is 0 Å². The molecular formula is C16H32N2O. The second-order valence-electron chi connectivity index (χ2n) is 5.97. The van der Waals surface area contributed by atoms with Crippen molar-refractivity contribution in [3.63, 3.8) is 0 Å². The molecule has 0 spiro atoms. The van der Waals surface area contributed by atoms with Crippen LogP contribution in [0.2, 0.25) is 0 Å². The van der Waals surface area contributed by atoms with Gasteiger partial charge in [-0.1, -0.05) is 51.9 Å². The molecule has 3 N–H and O–H groups in total. The number of carbonyl (C=O) groups excluding carboxylic acids is 1. The van der Waals surface area contributed by atoms with E-state index in [2.05, 4.69) is 12.2 Å². The van der Waals surface area contributed by atoms with Crippen LogP contribution in [0.25, 0.3) is 0 Å². The smallest absolute Gasteiger partial charge is 0.220 e. The van der Waals surface area contributed by atoms with E-state index < -0.39 is 0 Å². The lowest BCUT2D eigenvalue weighted by Crippen LogP contribution is -2.45. The highest BCUT2D eigenvalue weighted by molar-refractivity contribution is 5.76. The van der Waals surface area contributed by atoms with Crippen LogP contribution in [0.15, 0.2) is 0 Å². The molecule has 0 radical (unpaired) electrons. The summed E-state index contributed by atoms with van der Waals surface area (Å²) in [5.74, 6) is 0.820. The summed E-state index contributed by atoms with van der Waals surface area (Å²) < 4.78 is 0. The molecule has 1 unspecified atom stereocenters. The number of nitrogens with one attached hydrogen (secondary N) is 1. The topological polar surface area (TPSA) is 55.1 Å². The molecule has 112 valence electrons. The van der Waals surface area contributed by atoms with Crippen molar-refractivity contribution in [3.05, 3.63) is 0 Å². The van der Waals surface area contributed by atoms with Gasteiger partial charge < -0.3 is 11.1 Å². The zero-order valence-electron chi connectivity index (χ0n) is 12.6. The van der Waals surface area contributed by atoms with Crippen molar-refractivity contribution in [2.24, 2.45) is 11.7 Å². The summed E-state index contributed by atoms with van der Waals surface area (Å²) >= 11 is 0. The fraction of sp³-hybridized carbons (Fsp3) is 0.938. The molecule has 3 heteroatoms. The lowest BCUT2D eigenvalue weighted by atomic mass is 9.84. The average Bonchev–Trinajstić information content (AvgIpc) is 2.45. The van der Waals surface area contributed by atoms with Crippen molar-refractivity contribution in [2.75, 3.05) is 6.54 Å². The molecule has 0 aliphatic heterocycles. The maximum atomic E-state index is 11.9. The Morgan fingerprint density at radius 3 is 2.47 bits per heavy atom. The maximum Gasteiger partial charge on any atom is 0.220 e. The van der Waals surface area contributed by atoms with E-state index in [1.54, 1.807) is 0 Å². The Bertz CT molecular complexity index is 237. The van der Waals surface area contributed by atoms with E-state index in [0.29, 0.717) is 18.9 Å². The summed E-state index contributed by atoms with van der Waals surface area (Å²) in [5, 5.41) is 3.16. The summed E-state index contributed by atoms with van der Waals surface area (Å²) in [6.07, 6.45) is 13.1. The van der Waals surface area contributed by atoms with Crippen LogP contribution in [0.1, 0.15) is 77.6 Å². The predicted molar refractivity (Wildman–Crippen MR) is 80.9 cm³/mol. The Balaban J connectivity index is 2.17. The number of hydrogen-bond donors (Lipinski definition) is 2. The quantitative estimate of drug-likeness (QED) is 0.630. The lowest BCUT2D eigenvalue weighted by molar-refractivity contribution is -0.122. The largest absolute Gasteiger partial charge is 0.352 e. The fourth-order valence-electron chi connectivity index (χ4n) is 3.07. The average molecular weight is 268 g/mol. The van der Waals surface area contributed by atoms with Gasteiger partial charge in [-0.25, -0.2) is 0 Å². The van der Waals surface area contributed by atoms with Gasteiger partial charge in [0.1, 0.15) is 0 Å². The van der Waals surface area contributed by atoms with E-state index in [9.17, 15) is 4.79 Å². The van der Waals surface area contributed by atoms with Gasteiger partial charge in [0.25, 0.3) is 0 Å². The van der Waals surface area contributed by atoms with Crippen LogP contribution in [-0.4, -0.2) is 18.5 Å². The van der Waals surface area contributed by atoms with Gasteiger partial charge in [-0.2, -0.15) is 0 Å². The Morgan fingerprint density at radius 2 is 1.84 bits per heavy atom. The first-order chi connectivity index (χ1) is 9.27. The Hall–Kier alpha value is -0.570. The molecule has 0 bridgehead atoms. The molecule has 0 aromatic carbocycles. The van der Waals surface area contributed by atoms with E-state index in [-0.39, 0.29) is 11.9 Å². The Labute approximate surface area is 118 Å². The highest BCUT2D eigenvalue weighted by Gasteiger charge is 2.23. The summed E-state index contributed by atoms with van der Waals surface area (Å²) in [5.41, 5.74) is 5.83. The molecule has 1 saturated carbocycles. The Kier molecular flexibility index (Phi) is 8.89. The summed E-state index contributed by atoms with van der Waals surface area (Å²) in [4.78, 5) is 11.9. The second kappa shape index (κ2) is 10.2. The van der Waals surface area contributed by atoms with Crippen LogP contribution in [0.5, 0.6) is 0 Å². The number of amides is 1. The van der Waals surface area contributed by atoms with Crippen molar-refractivity contribution in [3.8, 4) is 0 Å². The zero-order valence-corrected chi connectivity index (χ0v) is 12.6. The Morgan fingerprint density at radius 1 is 1.16 bits per heavy atom. The minimum Gasteiger partial charge on any atom is -0.352 e. The highest BCUT2D eigenvalue weighted by atomic mass is 16.1. The van der Waals surface area contributed by atoms with Crippen molar-refractivity contribution < 1.29 is 4.79 Å². The van der Waals surface area contributed by atoms with Gasteiger partial charge in [0.2, 0.25) is 5.91 Å². The molecule has 1 aliphatic carbocycles. The second-order valence-corrected chi connectivity index (χ2v) is 5.97. The summed E-state index contributed by atoms with van der Waals surface area (Å²) in [7, 11) is 0. The molecule has 19 heavy (non-hydrogen) atoms. The summed E-state index contributed by atoms with van der Waals surface area (Å²) in [6, 6.07) is 0.212. The monoisotopic (exact) mass is 268 g/mol. The molecule has 0 aromatic rings. The number of carbonyl (C=O) groups is 1. The maximum absolute atomic E-state index is 11.9. The first kappa shape index (κ1) is 16.5. The standard InChI is InChI=1S/C16H32N2O/c1-2-3-4-5-9-12-16(19)18-15(13-17)14-10-7-6-8-11-14/h14-15H,2-13,17H2,1H3,(H,18,19). The molecule has 1 amide bonds. The predicted octanol–water partition coefficient (Wildman–Crippen LogP) is 3.37. The van der Waals surface area contributed by atoms with E-state index in [0.717, 1.165) is 6.42 Å². The van der Waals surface area contributed by atoms with Gasteiger partial charge in [-0.15, -0.1) is 0 Å². The van der Waals surface area contributed by atoms with Crippen LogP contribution in [0.4, 0.5) is 0 Å².